The zero-order valence-electron chi connectivity index (χ0n) is 16.9. The Morgan fingerprint density at radius 1 is 1.21 bits per heavy atom. The molecule has 2 aromatic heterocycles. The number of carbonyl (C=O) groups excluding carboxylic acids is 1. The summed E-state index contributed by atoms with van der Waals surface area (Å²) in [6.07, 6.45) is 4.15. The van der Waals surface area contributed by atoms with Crippen LogP contribution in [0.4, 0.5) is 0 Å². The fourth-order valence-corrected chi connectivity index (χ4v) is 2.99. The van der Waals surface area contributed by atoms with E-state index in [9.17, 15) is 4.79 Å². The number of nitrogens with zero attached hydrogens (tertiary/aromatic N) is 2. The van der Waals surface area contributed by atoms with Gasteiger partial charge in [0.05, 0.1) is 18.5 Å². The number of aromatic nitrogens is 1. The van der Waals surface area contributed by atoms with Crippen LogP contribution in [0.5, 0.6) is 0 Å². The molecule has 3 rings (SSSR count). The average molecular weight is 381 g/mol. The Bertz CT molecular complexity index is 913. The van der Waals surface area contributed by atoms with Crippen molar-refractivity contribution in [3.8, 4) is 11.3 Å². The summed E-state index contributed by atoms with van der Waals surface area (Å²) in [5.41, 5.74) is 3.45. The minimum absolute atomic E-state index is 0.00272. The fraction of sp³-hybridized carbons (Fsp3) is 0.364. The average Bonchev–Trinajstić information content (AvgIpc) is 3.34. The van der Waals surface area contributed by atoms with Crippen LogP contribution in [-0.2, 0) is 11.2 Å². The van der Waals surface area contributed by atoms with E-state index in [-0.39, 0.29) is 11.9 Å². The molecule has 0 bridgehead atoms. The second kappa shape index (κ2) is 8.89. The van der Waals surface area contributed by atoms with Crippen molar-refractivity contribution in [3.63, 3.8) is 0 Å². The SMILES string of the molecule is Cc1ccc(-c2cnc(CCC(=O)NCC(c3ccco3)N(C)C)o2)cc1C. The van der Waals surface area contributed by atoms with Crippen LogP contribution in [0, 0.1) is 13.8 Å². The number of amides is 1. The smallest absolute Gasteiger partial charge is 0.220 e. The van der Waals surface area contributed by atoms with E-state index in [1.54, 1.807) is 12.5 Å². The third-order valence-electron chi connectivity index (χ3n) is 4.90. The van der Waals surface area contributed by atoms with Crippen LogP contribution in [-0.4, -0.2) is 36.4 Å². The number of furan rings is 1. The summed E-state index contributed by atoms with van der Waals surface area (Å²) in [4.78, 5) is 18.6. The molecule has 1 amide bonds. The topological polar surface area (TPSA) is 71.5 Å². The quantitative estimate of drug-likeness (QED) is 0.641. The summed E-state index contributed by atoms with van der Waals surface area (Å²) in [5.74, 6) is 2.09. The second-order valence-electron chi connectivity index (χ2n) is 7.22. The molecule has 0 spiro atoms. The van der Waals surface area contributed by atoms with Crippen molar-refractivity contribution in [1.82, 2.24) is 15.2 Å². The number of aryl methyl sites for hydroxylation is 3. The Balaban J connectivity index is 1.52. The van der Waals surface area contributed by atoms with Crippen molar-refractivity contribution in [2.24, 2.45) is 0 Å². The second-order valence-corrected chi connectivity index (χ2v) is 7.22. The Kier molecular flexibility index (Phi) is 6.31. The molecule has 28 heavy (non-hydrogen) atoms. The Morgan fingerprint density at radius 2 is 2.04 bits per heavy atom. The third-order valence-corrected chi connectivity index (χ3v) is 4.90. The maximum Gasteiger partial charge on any atom is 0.220 e. The fourth-order valence-electron chi connectivity index (χ4n) is 2.99. The Morgan fingerprint density at radius 3 is 2.71 bits per heavy atom. The molecule has 0 aliphatic heterocycles. The molecule has 0 saturated heterocycles. The van der Waals surface area contributed by atoms with Gasteiger partial charge in [0, 0.05) is 24.9 Å². The highest BCUT2D eigenvalue weighted by molar-refractivity contribution is 5.76. The summed E-state index contributed by atoms with van der Waals surface area (Å²) in [6.45, 7) is 4.64. The zero-order valence-corrected chi connectivity index (χ0v) is 16.9. The molecule has 0 aliphatic carbocycles. The van der Waals surface area contributed by atoms with E-state index in [0.717, 1.165) is 17.1 Å². The Labute approximate surface area is 165 Å². The van der Waals surface area contributed by atoms with E-state index >= 15 is 0 Å². The number of likely N-dealkylation sites (N-methyl/N-ethyl adjacent to an activating group) is 1. The molecule has 1 aromatic carbocycles. The van der Waals surface area contributed by atoms with Crippen LogP contribution in [0.25, 0.3) is 11.3 Å². The van der Waals surface area contributed by atoms with Crippen molar-refractivity contribution in [2.75, 3.05) is 20.6 Å². The minimum atomic E-state index is -0.0377. The molecule has 148 valence electrons. The third kappa shape index (κ3) is 4.89. The van der Waals surface area contributed by atoms with Gasteiger partial charge in [-0.3, -0.25) is 9.69 Å². The lowest BCUT2D eigenvalue weighted by Gasteiger charge is -2.22. The van der Waals surface area contributed by atoms with E-state index in [1.165, 1.54) is 11.1 Å². The first kappa shape index (κ1) is 19.9. The van der Waals surface area contributed by atoms with E-state index in [4.69, 9.17) is 8.83 Å². The lowest BCUT2D eigenvalue weighted by Crippen LogP contribution is -2.34. The molecule has 0 aliphatic rings. The largest absolute Gasteiger partial charge is 0.468 e. The Hall–Kier alpha value is -2.86. The molecule has 2 heterocycles. The van der Waals surface area contributed by atoms with Gasteiger partial charge >= 0.3 is 0 Å². The van der Waals surface area contributed by atoms with Crippen LogP contribution >= 0.6 is 0 Å². The highest BCUT2D eigenvalue weighted by Crippen LogP contribution is 2.23. The van der Waals surface area contributed by atoms with Crippen LogP contribution < -0.4 is 5.32 Å². The maximum absolute atomic E-state index is 12.2. The lowest BCUT2D eigenvalue weighted by atomic mass is 10.1. The van der Waals surface area contributed by atoms with Gasteiger partial charge in [-0.1, -0.05) is 12.1 Å². The van der Waals surface area contributed by atoms with Gasteiger partial charge in [-0.25, -0.2) is 4.98 Å². The van der Waals surface area contributed by atoms with Gasteiger partial charge in [0.15, 0.2) is 11.7 Å². The van der Waals surface area contributed by atoms with Gasteiger partial charge in [-0.2, -0.15) is 0 Å². The first-order valence-electron chi connectivity index (χ1n) is 9.43. The van der Waals surface area contributed by atoms with Crippen molar-refractivity contribution in [2.45, 2.75) is 32.7 Å². The van der Waals surface area contributed by atoms with Gasteiger partial charge < -0.3 is 14.2 Å². The van der Waals surface area contributed by atoms with Crippen LogP contribution in [0.1, 0.15) is 35.2 Å². The molecular weight excluding hydrogens is 354 g/mol. The van der Waals surface area contributed by atoms with Crippen LogP contribution in [0.15, 0.2) is 51.6 Å². The normalized spacial score (nSPS) is 12.3. The minimum Gasteiger partial charge on any atom is -0.468 e. The predicted molar refractivity (Wildman–Crippen MR) is 108 cm³/mol. The van der Waals surface area contributed by atoms with Crippen molar-refractivity contribution >= 4 is 5.91 Å². The molecule has 6 nitrogen and oxygen atoms in total. The van der Waals surface area contributed by atoms with E-state index in [0.29, 0.717) is 25.3 Å². The summed E-state index contributed by atoms with van der Waals surface area (Å²) >= 11 is 0. The number of benzene rings is 1. The predicted octanol–water partition coefficient (Wildman–Crippen LogP) is 3.90. The van der Waals surface area contributed by atoms with Crippen molar-refractivity contribution in [1.29, 1.82) is 0 Å². The maximum atomic E-state index is 12.2. The van der Waals surface area contributed by atoms with Gasteiger partial charge in [0.25, 0.3) is 0 Å². The molecule has 0 radical (unpaired) electrons. The van der Waals surface area contributed by atoms with Gasteiger partial charge in [0.2, 0.25) is 5.91 Å². The number of hydrogen-bond donors (Lipinski definition) is 1. The molecule has 0 fully saturated rings. The van der Waals surface area contributed by atoms with Gasteiger partial charge in [-0.05, 0) is 57.3 Å². The van der Waals surface area contributed by atoms with Gasteiger partial charge in [0.1, 0.15) is 5.76 Å². The van der Waals surface area contributed by atoms with Crippen molar-refractivity contribution < 1.29 is 13.6 Å². The summed E-state index contributed by atoms with van der Waals surface area (Å²) < 4.78 is 11.3. The molecule has 1 N–H and O–H groups in total. The number of carbonyl (C=O) groups is 1. The number of hydrogen-bond acceptors (Lipinski definition) is 5. The first-order chi connectivity index (χ1) is 13.4. The summed E-state index contributed by atoms with van der Waals surface area (Å²) in [7, 11) is 3.92. The summed E-state index contributed by atoms with van der Waals surface area (Å²) in [5, 5.41) is 2.96. The molecule has 1 unspecified atom stereocenters. The molecule has 3 aromatic rings. The monoisotopic (exact) mass is 381 g/mol. The lowest BCUT2D eigenvalue weighted by molar-refractivity contribution is -0.121. The standard InChI is InChI=1S/C22H27N3O3/c1-15-7-8-17(12-16(15)2)20-14-24-22(28-20)10-9-21(26)23-13-18(25(3)4)19-6-5-11-27-19/h5-8,11-12,14,18H,9-10,13H2,1-4H3,(H,23,26). The van der Waals surface area contributed by atoms with E-state index in [1.807, 2.05) is 37.2 Å². The molecule has 6 heteroatoms. The molecular formula is C22H27N3O3. The highest BCUT2D eigenvalue weighted by Gasteiger charge is 2.18. The van der Waals surface area contributed by atoms with Crippen LogP contribution in [0.2, 0.25) is 0 Å². The van der Waals surface area contributed by atoms with E-state index < -0.39 is 0 Å². The highest BCUT2D eigenvalue weighted by atomic mass is 16.4. The van der Waals surface area contributed by atoms with Crippen LogP contribution in [0.3, 0.4) is 0 Å². The van der Waals surface area contributed by atoms with E-state index in [2.05, 4.69) is 36.3 Å². The molecule has 0 saturated carbocycles. The zero-order chi connectivity index (χ0) is 20.1. The summed E-state index contributed by atoms with van der Waals surface area (Å²) in [6, 6.07) is 9.94. The first-order valence-corrected chi connectivity index (χ1v) is 9.43. The number of nitrogens with one attached hydrogen (secondary N) is 1. The molecule has 1 atom stereocenters. The van der Waals surface area contributed by atoms with Gasteiger partial charge in [-0.15, -0.1) is 0 Å². The van der Waals surface area contributed by atoms with Crippen molar-refractivity contribution in [3.05, 3.63) is 65.6 Å². The number of oxazole rings is 1. The number of rotatable bonds is 8.